The summed E-state index contributed by atoms with van der Waals surface area (Å²) in [6.07, 6.45) is 2.40. The van der Waals surface area contributed by atoms with Gasteiger partial charge in [-0.2, -0.15) is 0 Å². The molecule has 110 valence electrons. The van der Waals surface area contributed by atoms with Gasteiger partial charge in [0.2, 0.25) is 5.78 Å². The third-order valence-electron chi connectivity index (χ3n) is 2.63. The van der Waals surface area contributed by atoms with Crippen LogP contribution in [0, 0.1) is 0 Å². The monoisotopic (exact) mass is 278 g/mol. The van der Waals surface area contributed by atoms with E-state index in [0.29, 0.717) is 13.0 Å². The average Bonchev–Trinajstić information content (AvgIpc) is 2.42. The van der Waals surface area contributed by atoms with Crippen LogP contribution in [0.15, 0.2) is 30.3 Å². The summed E-state index contributed by atoms with van der Waals surface area (Å²) in [4.78, 5) is 22.7. The van der Waals surface area contributed by atoms with E-state index in [4.69, 9.17) is 9.47 Å². The molecule has 0 aliphatic rings. The molecule has 1 aromatic rings. The van der Waals surface area contributed by atoms with Gasteiger partial charge in [0.15, 0.2) is 0 Å². The zero-order valence-electron chi connectivity index (χ0n) is 12.1. The first kappa shape index (κ1) is 16.2. The zero-order valence-corrected chi connectivity index (χ0v) is 12.1. The Labute approximate surface area is 120 Å². The van der Waals surface area contributed by atoms with Gasteiger partial charge in [-0.15, -0.1) is 0 Å². The van der Waals surface area contributed by atoms with E-state index in [1.54, 1.807) is 13.8 Å². The summed E-state index contributed by atoms with van der Waals surface area (Å²) in [5.41, 5.74) is 0. The molecule has 0 aromatic heterocycles. The number of Topliss-reactive ketones (excluding diaryl/α,β-unsaturated/α-hetero) is 1. The van der Waals surface area contributed by atoms with Crippen molar-refractivity contribution in [3.05, 3.63) is 30.3 Å². The molecule has 0 unspecified atom stereocenters. The van der Waals surface area contributed by atoms with E-state index in [1.165, 1.54) is 0 Å². The Kier molecular flexibility index (Phi) is 7.40. The molecule has 1 aromatic carbocycles. The van der Waals surface area contributed by atoms with Crippen molar-refractivity contribution in [3.63, 3.8) is 0 Å². The first-order valence-corrected chi connectivity index (χ1v) is 7.01. The summed E-state index contributed by atoms with van der Waals surface area (Å²) in [7, 11) is 0. The largest absolute Gasteiger partial charge is 0.494 e. The second-order valence-corrected chi connectivity index (χ2v) is 4.85. The maximum atomic E-state index is 11.4. The predicted octanol–water partition coefficient (Wildman–Crippen LogP) is 3.15. The molecule has 0 fully saturated rings. The van der Waals surface area contributed by atoms with Gasteiger partial charge >= 0.3 is 5.97 Å². The molecule has 0 N–H and O–H groups in total. The van der Waals surface area contributed by atoms with Gasteiger partial charge in [-0.05, 0) is 45.2 Å². The topological polar surface area (TPSA) is 52.6 Å². The lowest BCUT2D eigenvalue weighted by Gasteiger charge is -2.07. The first-order valence-electron chi connectivity index (χ1n) is 7.01. The number of carbonyl (C=O) groups is 2. The van der Waals surface area contributed by atoms with Crippen LogP contribution in [0.2, 0.25) is 0 Å². The van der Waals surface area contributed by atoms with Crippen molar-refractivity contribution in [2.45, 2.75) is 45.6 Å². The number of ether oxygens (including phenoxy) is 2. The summed E-state index contributed by atoms with van der Waals surface area (Å²) in [5.74, 6) is -0.313. The number of hydrogen-bond acceptors (Lipinski definition) is 4. The van der Waals surface area contributed by atoms with Gasteiger partial charge in [0.25, 0.3) is 0 Å². The quantitative estimate of drug-likeness (QED) is 0.395. The van der Waals surface area contributed by atoms with Crippen molar-refractivity contribution in [1.29, 1.82) is 0 Å². The highest BCUT2D eigenvalue weighted by atomic mass is 16.5. The van der Waals surface area contributed by atoms with E-state index in [9.17, 15) is 9.59 Å². The molecule has 0 saturated carbocycles. The molecular weight excluding hydrogens is 256 g/mol. The molecule has 0 aliphatic heterocycles. The highest BCUT2D eigenvalue weighted by Crippen LogP contribution is 2.10. The molecule has 0 spiro atoms. The van der Waals surface area contributed by atoms with E-state index in [0.717, 1.165) is 18.6 Å². The second-order valence-electron chi connectivity index (χ2n) is 4.85. The molecule has 1 rings (SSSR count). The van der Waals surface area contributed by atoms with Crippen LogP contribution < -0.4 is 4.74 Å². The summed E-state index contributed by atoms with van der Waals surface area (Å²) in [5, 5.41) is 0. The third-order valence-corrected chi connectivity index (χ3v) is 2.63. The van der Waals surface area contributed by atoms with E-state index < -0.39 is 11.8 Å². The third kappa shape index (κ3) is 6.92. The van der Waals surface area contributed by atoms with Crippen molar-refractivity contribution in [3.8, 4) is 5.75 Å². The fourth-order valence-corrected chi connectivity index (χ4v) is 1.65. The highest BCUT2D eigenvalue weighted by molar-refractivity contribution is 6.33. The Morgan fingerprint density at radius 3 is 2.40 bits per heavy atom. The summed E-state index contributed by atoms with van der Waals surface area (Å²) < 4.78 is 10.4. The number of carbonyl (C=O) groups excluding carboxylic acids is 2. The van der Waals surface area contributed by atoms with Crippen LogP contribution in [0.3, 0.4) is 0 Å². The Morgan fingerprint density at radius 1 is 1.05 bits per heavy atom. The van der Waals surface area contributed by atoms with Gasteiger partial charge in [0, 0.05) is 6.42 Å². The number of unbranched alkanes of at least 4 members (excludes halogenated alkanes) is 2. The maximum Gasteiger partial charge on any atom is 0.374 e. The molecule has 0 saturated heterocycles. The number of ketones is 1. The molecule has 0 bridgehead atoms. The van der Waals surface area contributed by atoms with E-state index >= 15 is 0 Å². The van der Waals surface area contributed by atoms with Crippen LogP contribution in [0.25, 0.3) is 0 Å². The molecule has 0 atom stereocenters. The number of rotatable bonds is 9. The van der Waals surface area contributed by atoms with E-state index in [1.807, 2.05) is 30.3 Å². The molecule has 4 heteroatoms. The van der Waals surface area contributed by atoms with Crippen LogP contribution in [0.4, 0.5) is 0 Å². The Bertz CT molecular complexity index is 412. The van der Waals surface area contributed by atoms with E-state index in [-0.39, 0.29) is 12.5 Å². The molecule has 4 nitrogen and oxygen atoms in total. The molecular formula is C16H22O4. The maximum absolute atomic E-state index is 11.4. The minimum Gasteiger partial charge on any atom is -0.494 e. The fraction of sp³-hybridized carbons (Fsp3) is 0.500. The van der Waals surface area contributed by atoms with Crippen molar-refractivity contribution in [2.75, 3.05) is 6.61 Å². The van der Waals surface area contributed by atoms with Gasteiger partial charge in [0.05, 0.1) is 12.7 Å². The van der Waals surface area contributed by atoms with Gasteiger partial charge in [-0.25, -0.2) is 4.79 Å². The lowest BCUT2D eigenvalue weighted by atomic mass is 10.1. The Hall–Kier alpha value is -1.84. The number of esters is 1. The SMILES string of the molecule is CC(C)OC(=O)C(=O)CCCCCOc1ccccc1. The smallest absolute Gasteiger partial charge is 0.374 e. The summed E-state index contributed by atoms with van der Waals surface area (Å²) >= 11 is 0. The zero-order chi connectivity index (χ0) is 14.8. The van der Waals surface area contributed by atoms with Crippen LogP contribution in [-0.4, -0.2) is 24.5 Å². The lowest BCUT2D eigenvalue weighted by Crippen LogP contribution is -2.20. The fourth-order valence-electron chi connectivity index (χ4n) is 1.65. The minimum atomic E-state index is -0.722. The second kappa shape index (κ2) is 9.13. The van der Waals surface area contributed by atoms with Crippen LogP contribution in [-0.2, 0) is 14.3 Å². The van der Waals surface area contributed by atoms with Gasteiger partial charge in [0.1, 0.15) is 5.75 Å². The normalized spacial score (nSPS) is 10.3. The van der Waals surface area contributed by atoms with Gasteiger partial charge in [-0.1, -0.05) is 18.2 Å². The van der Waals surface area contributed by atoms with Crippen LogP contribution >= 0.6 is 0 Å². The van der Waals surface area contributed by atoms with Crippen molar-refractivity contribution >= 4 is 11.8 Å². The molecule has 0 aliphatic carbocycles. The molecule has 0 radical (unpaired) electrons. The van der Waals surface area contributed by atoms with Crippen molar-refractivity contribution in [1.82, 2.24) is 0 Å². The van der Waals surface area contributed by atoms with Crippen molar-refractivity contribution < 1.29 is 19.1 Å². The summed E-state index contributed by atoms with van der Waals surface area (Å²) in [6, 6.07) is 9.61. The molecule has 0 amide bonds. The van der Waals surface area contributed by atoms with E-state index in [2.05, 4.69) is 0 Å². The molecule has 0 heterocycles. The molecule has 20 heavy (non-hydrogen) atoms. The number of benzene rings is 1. The van der Waals surface area contributed by atoms with Gasteiger partial charge < -0.3 is 9.47 Å². The van der Waals surface area contributed by atoms with Crippen molar-refractivity contribution in [2.24, 2.45) is 0 Å². The number of hydrogen-bond donors (Lipinski definition) is 0. The predicted molar refractivity (Wildman–Crippen MR) is 76.6 cm³/mol. The van der Waals surface area contributed by atoms with Crippen LogP contribution in [0.5, 0.6) is 5.75 Å². The van der Waals surface area contributed by atoms with Gasteiger partial charge in [-0.3, -0.25) is 4.79 Å². The summed E-state index contributed by atoms with van der Waals surface area (Å²) in [6.45, 7) is 4.08. The standard InChI is InChI=1S/C16H22O4/c1-13(2)20-16(18)15(17)11-7-4-8-12-19-14-9-5-3-6-10-14/h3,5-6,9-10,13H,4,7-8,11-12H2,1-2H3. The first-order chi connectivity index (χ1) is 9.59. The Morgan fingerprint density at radius 2 is 1.75 bits per heavy atom. The Balaban J connectivity index is 2.04. The average molecular weight is 278 g/mol. The van der Waals surface area contributed by atoms with Crippen LogP contribution in [0.1, 0.15) is 39.5 Å². The highest BCUT2D eigenvalue weighted by Gasteiger charge is 2.15. The lowest BCUT2D eigenvalue weighted by molar-refractivity contribution is -0.156. The number of para-hydroxylation sites is 1. The minimum absolute atomic E-state index is 0.245.